The Morgan fingerprint density at radius 3 is 2.57 bits per heavy atom. The second kappa shape index (κ2) is 8.89. The van der Waals surface area contributed by atoms with E-state index in [9.17, 15) is 9.90 Å². The minimum absolute atomic E-state index is 0.0358. The number of aliphatic hydroxyl groups excluding tert-OH is 1. The van der Waals surface area contributed by atoms with Crippen molar-refractivity contribution in [1.29, 1.82) is 0 Å². The van der Waals surface area contributed by atoms with Gasteiger partial charge in [-0.2, -0.15) is 0 Å². The SMILES string of the molecule is CCN(CC(=O)NC(C)(C)C)CC(O)COc1ccccc1C. The molecule has 5 heteroatoms. The van der Waals surface area contributed by atoms with Crippen molar-refractivity contribution in [2.24, 2.45) is 0 Å². The molecule has 0 heterocycles. The number of carbonyl (C=O) groups is 1. The third-order valence-electron chi connectivity index (χ3n) is 3.32. The molecule has 0 saturated heterocycles. The number of para-hydroxylation sites is 1. The highest BCUT2D eigenvalue weighted by molar-refractivity contribution is 5.78. The third kappa shape index (κ3) is 8.00. The molecule has 1 rings (SSSR count). The van der Waals surface area contributed by atoms with Gasteiger partial charge in [-0.15, -0.1) is 0 Å². The van der Waals surface area contributed by atoms with Crippen molar-refractivity contribution in [3.8, 4) is 5.75 Å². The number of hydrogen-bond donors (Lipinski definition) is 2. The van der Waals surface area contributed by atoms with Crippen molar-refractivity contribution in [3.05, 3.63) is 29.8 Å². The maximum atomic E-state index is 12.0. The van der Waals surface area contributed by atoms with E-state index in [1.54, 1.807) is 0 Å². The molecule has 130 valence electrons. The van der Waals surface area contributed by atoms with Crippen molar-refractivity contribution < 1.29 is 14.6 Å². The second-order valence-corrected chi connectivity index (χ2v) is 6.86. The van der Waals surface area contributed by atoms with Crippen LogP contribution in [-0.4, -0.2) is 53.8 Å². The zero-order chi connectivity index (χ0) is 17.5. The lowest BCUT2D eigenvalue weighted by Crippen LogP contribution is -2.47. The number of amides is 1. The van der Waals surface area contributed by atoms with Gasteiger partial charge >= 0.3 is 0 Å². The molecule has 0 aromatic heterocycles. The Bertz CT molecular complexity index is 497. The molecule has 0 aliphatic heterocycles. The quantitative estimate of drug-likeness (QED) is 0.768. The molecule has 0 saturated carbocycles. The van der Waals surface area contributed by atoms with Gasteiger partial charge in [-0.25, -0.2) is 0 Å². The van der Waals surface area contributed by atoms with Crippen molar-refractivity contribution in [1.82, 2.24) is 10.2 Å². The van der Waals surface area contributed by atoms with E-state index in [0.29, 0.717) is 13.1 Å². The number of nitrogens with zero attached hydrogens (tertiary/aromatic N) is 1. The van der Waals surface area contributed by atoms with Crippen LogP contribution < -0.4 is 10.1 Å². The molecule has 5 nitrogen and oxygen atoms in total. The first-order chi connectivity index (χ1) is 10.7. The van der Waals surface area contributed by atoms with Crippen molar-refractivity contribution in [2.45, 2.75) is 46.3 Å². The number of ether oxygens (including phenoxy) is 1. The summed E-state index contributed by atoms with van der Waals surface area (Å²) in [5.41, 5.74) is 0.792. The molecule has 0 fully saturated rings. The first-order valence-electron chi connectivity index (χ1n) is 8.11. The molecule has 0 aliphatic carbocycles. The van der Waals surface area contributed by atoms with Crippen LogP contribution in [0.1, 0.15) is 33.3 Å². The van der Waals surface area contributed by atoms with Crippen LogP contribution >= 0.6 is 0 Å². The van der Waals surface area contributed by atoms with Gasteiger partial charge in [0.15, 0.2) is 0 Å². The fourth-order valence-electron chi connectivity index (χ4n) is 2.22. The summed E-state index contributed by atoms with van der Waals surface area (Å²) < 4.78 is 5.65. The number of carbonyl (C=O) groups excluding carboxylic acids is 1. The summed E-state index contributed by atoms with van der Waals surface area (Å²) in [6, 6.07) is 7.71. The Morgan fingerprint density at radius 1 is 1.35 bits per heavy atom. The minimum Gasteiger partial charge on any atom is -0.491 e. The number of aliphatic hydroxyl groups is 1. The minimum atomic E-state index is -0.642. The van der Waals surface area contributed by atoms with E-state index < -0.39 is 6.10 Å². The Labute approximate surface area is 139 Å². The Balaban J connectivity index is 2.42. The van der Waals surface area contributed by atoms with E-state index in [2.05, 4.69) is 5.32 Å². The highest BCUT2D eigenvalue weighted by Gasteiger charge is 2.18. The summed E-state index contributed by atoms with van der Waals surface area (Å²) in [5, 5.41) is 13.1. The molecule has 1 aromatic carbocycles. The Kier molecular flexibility index (Phi) is 7.52. The van der Waals surface area contributed by atoms with Gasteiger partial charge in [0.05, 0.1) is 6.54 Å². The summed E-state index contributed by atoms with van der Waals surface area (Å²) in [6.07, 6.45) is -0.642. The molecule has 0 radical (unpaired) electrons. The molecule has 1 amide bonds. The van der Waals surface area contributed by atoms with E-state index in [0.717, 1.165) is 11.3 Å². The summed E-state index contributed by atoms with van der Waals surface area (Å²) in [4.78, 5) is 13.9. The van der Waals surface area contributed by atoms with E-state index >= 15 is 0 Å². The third-order valence-corrected chi connectivity index (χ3v) is 3.32. The molecule has 23 heavy (non-hydrogen) atoms. The Hall–Kier alpha value is -1.59. The lowest BCUT2D eigenvalue weighted by atomic mass is 10.1. The molecule has 1 atom stereocenters. The van der Waals surface area contributed by atoms with Crippen LogP contribution in [-0.2, 0) is 4.79 Å². The van der Waals surface area contributed by atoms with Crippen LogP contribution in [0.15, 0.2) is 24.3 Å². The summed E-state index contributed by atoms with van der Waals surface area (Å²) in [5.74, 6) is 0.742. The molecule has 2 N–H and O–H groups in total. The zero-order valence-corrected chi connectivity index (χ0v) is 14.9. The normalized spacial score (nSPS) is 13.0. The lowest BCUT2D eigenvalue weighted by molar-refractivity contribution is -0.124. The van der Waals surface area contributed by atoms with Crippen LogP contribution in [0.3, 0.4) is 0 Å². The van der Waals surface area contributed by atoms with E-state index in [1.807, 2.05) is 63.8 Å². The number of nitrogens with one attached hydrogen (secondary N) is 1. The summed E-state index contributed by atoms with van der Waals surface area (Å²) in [7, 11) is 0. The highest BCUT2D eigenvalue weighted by Crippen LogP contribution is 2.16. The first-order valence-corrected chi connectivity index (χ1v) is 8.11. The zero-order valence-electron chi connectivity index (χ0n) is 14.9. The van der Waals surface area contributed by atoms with Gasteiger partial charge in [0.1, 0.15) is 18.5 Å². The number of benzene rings is 1. The van der Waals surface area contributed by atoms with Crippen LogP contribution in [0, 0.1) is 6.92 Å². The maximum absolute atomic E-state index is 12.0. The number of rotatable bonds is 8. The average Bonchev–Trinajstić information content (AvgIpc) is 2.43. The maximum Gasteiger partial charge on any atom is 0.234 e. The van der Waals surface area contributed by atoms with E-state index in [1.165, 1.54) is 0 Å². The average molecular weight is 322 g/mol. The molecule has 0 spiro atoms. The Morgan fingerprint density at radius 2 is 2.00 bits per heavy atom. The van der Waals surface area contributed by atoms with Crippen LogP contribution in [0.5, 0.6) is 5.75 Å². The smallest absolute Gasteiger partial charge is 0.234 e. The van der Waals surface area contributed by atoms with Gasteiger partial charge in [-0.05, 0) is 45.9 Å². The van der Waals surface area contributed by atoms with Crippen LogP contribution in [0.25, 0.3) is 0 Å². The van der Waals surface area contributed by atoms with Crippen molar-refractivity contribution in [3.63, 3.8) is 0 Å². The summed E-state index contributed by atoms with van der Waals surface area (Å²) in [6.45, 7) is 11.4. The molecule has 1 unspecified atom stereocenters. The van der Waals surface area contributed by atoms with Crippen molar-refractivity contribution >= 4 is 5.91 Å². The number of hydrogen-bond acceptors (Lipinski definition) is 4. The van der Waals surface area contributed by atoms with Gasteiger partial charge in [-0.3, -0.25) is 9.69 Å². The topological polar surface area (TPSA) is 61.8 Å². The van der Waals surface area contributed by atoms with Gasteiger partial charge < -0.3 is 15.2 Å². The molecule has 1 aromatic rings. The standard InChI is InChI=1S/C18H30N2O3/c1-6-20(12-17(22)19-18(3,4)5)11-15(21)13-23-16-10-8-7-9-14(16)2/h7-10,15,21H,6,11-13H2,1-5H3,(H,19,22). The predicted molar refractivity (Wildman–Crippen MR) is 92.7 cm³/mol. The van der Waals surface area contributed by atoms with Gasteiger partial charge in [0, 0.05) is 12.1 Å². The number of aryl methyl sites for hydroxylation is 1. The van der Waals surface area contributed by atoms with Crippen molar-refractivity contribution in [2.75, 3.05) is 26.2 Å². The fraction of sp³-hybridized carbons (Fsp3) is 0.611. The van der Waals surface area contributed by atoms with Crippen LogP contribution in [0.4, 0.5) is 0 Å². The predicted octanol–water partition coefficient (Wildman–Crippen LogP) is 1.97. The fourth-order valence-corrected chi connectivity index (χ4v) is 2.22. The largest absolute Gasteiger partial charge is 0.491 e. The molecule has 0 bridgehead atoms. The van der Waals surface area contributed by atoms with Gasteiger partial charge in [0.25, 0.3) is 0 Å². The number of likely N-dealkylation sites (N-methyl/N-ethyl adjacent to an activating group) is 1. The lowest BCUT2D eigenvalue weighted by Gasteiger charge is -2.26. The van der Waals surface area contributed by atoms with Crippen LogP contribution in [0.2, 0.25) is 0 Å². The molecular formula is C18H30N2O3. The van der Waals surface area contributed by atoms with E-state index in [-0.39, 0.29) is 24.6 Å². The van der Waals surface area contributed by atoms with E-state index in [4.69, 9.17) is 4.74 Å². The van der Waals surface area contributed by atoms with Gasteiger partial charge in [0.2, 0.25) is 5.91 Å². The highest BCUT2D eigenvalue weighted by atomic mass is 16.5. The van der Waals surface area contributed by atoms with Gasteiger partial charge in [-0.1, -0.05) is 25.1 Å². The first kappa shape index (κ1) is 19.5. The molecular weight excluding hydrogens is 292 g/mol. The molecule has 0 aliphatic rings. The second-order valence-electron chi connectivity index (χ2n) is 6.86. The monoisotopic (exact) mass is 322 g/mol. The summed E-state index contributed by atoms with van der Waals surface area (Å²) >= 11 is 0.